The van der Waals surface area contributed by atoms with Crippen LogP contribution >= 0.6 is 23.6 Å². The number of aliphatic carboxylic acids is 1. The number of carboxylic acids is 1. The van der Waals surface area contributed by atoms with Crippen molar-refractivity contribution in [3.8, 4) is 5.75 Å². The highest BCUT2D eigenvalue weighted by Crippen LogP contribution is 2.34. The summed E-state index contributed by atoms with van der Waals surface area (Å²) in [5.74, 6) is -0.0823. The van der Waals surface area contributed by atoms with Gasteiger partial charge < -0.3 is 14.7 Å². The van der Waals surface area contributed by atoms with E-state index >= 15 is 0 Å². The summed E-state index contributed by atoms with van der Waals surface area (Å²) in [7, 11) is 1.59. The van der Waals surface area contributed by atoms with Crippen LogP contribution in [0.25, 0.3) is 6.08 Å². The van der Waals surface area contributed by atoms with Crippen molar-refractivity contribution >= 4 is 35.7 Å². The molecule has 1 heterocycles. The molecular formula is C16H20ClNO5S. The van der Waals surface area contributed by atoms with Crippen LogP contribution in [-0.4, -0.2) is 30.0 Å². The molecule has 0 atom stereocenters. The lowest BCUT2D eigenvalue weighted by molar-refractivity contribution is -0.259. The summed E-state index contributed by atoms with van der Waals surface area (Å²) in [6.45, 7) is 0.620. The number of hydroxylamine groups is 2. The summed E-state index contributed by atoms with van der Waals surface area (Å²) in [5, 5.41) is 11.2. The largest absolute Gasteiger partial charge is 0.496 e. The zero-order chi connectivity index (χ0) is 17.4. The summed E-state index contributed by atoms with van der Waals surface area (Å²) < 4.78 is 10.7. The van der Waals surface area contributed by atoms with Gasteiger partial charge in [-0.1, -0.05) is 24.4 Å². The number of hydrogen-bond acceptors (Lipinski definition) is 6. The van der Waals surface area contributed by atoms with Gasteiger partial charge in [0.1, 0.15) is 5.75 Å². The van der Waals surface area contributed by atoms with Crippen molar-refractivity contribution in [2.45, 2.75) is 32.1 Å². The van der Waals surface area contributed by atoms with E-state index in [1.54, 1.807) is 19.2 Å². The molecule has 0 saturated carbocycles. The number of carboxylic acid groups (broad SMARTS) is 1. The molecule has 24 heavy (non-hydrogen) atoms. The van der Waals surface area contributed by atoms with Gasteiger partial charge in [0.25, 0.3) is 0 Å². The normalized spacial score (nSPS) is 16.3. The predicted octanol–water partition coefficient (Wildman–Crippen LogP) is 4.51. The fraction of sp³-hybridized carbons (Fsp3) is 0.438. The molecule has 8 heteroatoms. The van der Waals surface area contributed by atoms with E-state index in [0.29, 0.717) is 28.8 Å². The van der Waals surface area contributed by atoms with Gasteiger partial charge in [0.15, 0.2) is 0 Å². The quantitative estimate of drug-likeness (QED) is 0.504. The topological polar surface area (TPSA) is 68.2 Å². The van der Waals surface area contributed by atoms with Crippen LogP contribution in [0.5, 0.6) is 5.75 Å². The molecule has 2 rings (SSSR count). The molecule has 1 N–H and O–H groups in total. The van der Waals surface area contributed by atoms with Gasteiger partial charge in [-0.05, 0) is 36.3 Å². The summed E-state index contributed by atoms with van der Waals surface area (Å²) in [4.78, 5) is 16.0. The molecule has 1 aromatic rings. The Morgan fingerprint density at radius 3 is 2.92 bits per heavy atom. The van der Waals surface area contributed by atoms with E-state index < -0.39 is 5.97 Å². The second-order valence-corrected chi connectivity index (χ2v) is 6.37. The van der Waals surface area contributed by atoms with Crippen LogP contribution in [0.4, 0.5) is 0 Å². The van der Waals surface area contributed by atoms with Crippen molar-refractivity contribution in [2.75, 3.05) is 13.7 Å². The number of benzene rings is 1. The minimum atomic E-state index is -0.745. The average molecular weight is 374 g/mol. The molecule has 0 aromatic heterocycles. The number of carbonyl (C=O) groups is 1. The van der Waals surface area contributed by atoms with E-state index in [4.69, 9.17) is 30.6 Å². The van der Waals surface area contributed by atoms with E-state index in [1.807, 2.05) is 12.1 Å². The zero-order valence-electron chi connectivity index (χ0n) is 13.4. The first kappa shape index (κ1) is 18.9. The fourth-order valence-electron chi connectivity index (χ4n) is 2.14. The molecular weight excluding hydrogens is 354 g/mol. The molecule has 0 aliphatic carbocycles. The lowest BCUT2D eigenvalue weighted by Crippen LogP contribution is -2.16. The van der Waals surface area contributed by atoms with Gasteiger partial charge in [-0.3, -0.25) is 4.79 Å². The Balaban J connectivity index is 1.75. The Hall–Kier alpha value is -1.41. The first-order chi connectivity index (χ1) is 11.6. The summed E-state index contributed by atoms with van der Waals surface area (Å²) in [5.41, 5.74) is 0.850. The highest BCUT2D eigenvalue weighted by atomic mass is 35.5. The van der Waals surface area contributed by atoms with Gasteiger partial charge >= 0.3 is 5.97 Å². The molecule has 0 unspecified atom stereocenters. The average Bonchev–Trinajstić information content (AvgIpc) is 2.99. The maximum Gasteiger partial charge on any atom is 0.303 e. The molecule has 0 bridgehead atoms. The Kier molecular flexibility index (Phi) is 7.71. The van der Waals surface area contributed by atoms with Gasteiger partial charge in [0.2, 0.25) is 5.09 Å². The summed E-state index contributed by atoms with van der Waals surface area (Å²) in [6, 6.07) is 5.37. The summed E-state index contributed by atoms with van der Waals surface area (Å²) >= 11 is 7.08. The molecule has 0 spiro atoms. The number of methoxy groups -OCH3 is 1. The highest BCUT2D eigenvalue weighted by molar-refractivity contribution is 7.98. The number of unbranched alkanes of at least 4 members (excludes halogenated alkanes) is 3. The molecule has 1 aliphatic heterocycles. The molecule has 0 amide bonds. The maximum atomic E-state index is 10.4. The maximum absolute atomic E-state index is 10.4. The third-order valence-electron chi connectivity index (χ3n) is 3.34. The Bertz CT molecular complexity index is 596. The summed E-state index contributed by atoms with van der Waals surface area (Å²) in [6.07, 6.45) is 5.45. The zero-order valence-corrected chi connectivity index (χ0v) is 14.9. The standard InChI is InChI=1S/C16H20ClNO5S/c1-21-14-11-13(17)8-7-12(14)10-16-22-18(23-24-16)9-5-3-2-4-6-15(19)20/h7-8,10-11H,2-6,9H2,1H3,(H,19,20). The SMILES string of the molecule is COc1cc(Cl)ccc1C=C1ON(CCCCCCC(=O)O)OS1. The van der Waals surface area contributed by atoms with E-state index in [9.17, 15) is 4.79 Å². The van der Waals surface area contributed by atoms with E-state index in [0.717, 1.165) is 36.9 Å². The molecule has 6 nitrogen and oxygen atoms in total. The first-order valence-corrected chi connectivity index (χ1v) is 8.77. The Morgan fingerprint density at radius 2 is 2.17 bits per heavy atom. The minimum Gasteiger partial charge on any atom is -0.496 e. The number of halogens is 1. The van der Waals surface area contributed by atoms with Gasteiger partial charge in [0, 0.05) is 23.1 Å². The molecule has 1 aromatic carbocycles. The van der Waals surface area contributed by atoms with Crippen molar-refractivity contribution in [1.29, 1.82) is 0 Å². The Labute approximate surface area is 150 Å². The van der Waals surface area contributed by atoms with Gasteiger partial charge in [-0.25, -0.2) is 0 Å². The van der Waals surface area contributed by atoms with Crippen molar-refractivity contribution in [3.63, 3.8) is 0 Å². The second kappa shape index (κ2) is 9.78. The number of rotatable bonds is 9. The van der Waals surface area contributed by atoms with Gasteiger partial charge in [-0.2, -0.15) is 4.28 Å². The van der Waals surface area contributed by atoms with Crippen LogP contribution in [0, 0.1) is 0 Å². The number of ether oxygens (including phenoxy) is 1. The first-order valence-electron chi connectivity index (χ1n) is 7.65. The van der Waals surface area contributed by atoms with Crippen LogP contribution in [0.1, 0.15) is 37.7 Å². The van der Waals surface area contributed by atoms with Crippen LogP contribution in [-0.2, 0) is 13.9 Å². The van der Waals surface area contributed by atoms with Crippen LogP contribution in [0.3, 0.4) is 0 Å². The lowest BCUT2D eigenvalue weighted by atomic mass is 10.1. The van der Waals surface area contributed by atoms with E-state index in [2.05, 4.69) is 0 Å². The van der Waals surface area contributed by atoms with Crippen LogP contribution in [0.2, 0.25) is 5.02 Å². The van der Waals surface area contributed by atoms with Crippen LogP contribution in [0.15, 0.2) is 23.3 Å². The predicted molar refractivity (Wildman–Crippen MR) is 93.2 cm³/mol. The third kappa shape index (κ3) is 6.24. The molecule has 1 aliphatic rings. The molecule has 0 radical (unpaired) electrons. The van der Waals surface area contributed by atoms with Gasteiger partial charge in [0.05, 0.1) is 25.7 Å². The second-order valence-electron chi connectivity index (χ2n) is 5.21. The fourth-order valence-corrected chi connectivity index (χ4v) is 2.86. The van der Waals surface area contributed by atoms with Crippen LogP contribution < -0.4 is 4.74 Å². The minimum absolute atomic E-state index is 0.225. The monoisotopic (exact) mass is 373 g/mol. The van der Waals surface area contributed by atoms with Crippen molar-refractivity contribution < 1.29 is 23.8 Å². The van der Waals surface area contributed by atoms with Crippen molar-refractivity contribution in [1.82, 2.24) is 5.23 Å². The highest BCUT2D eigenvalue weighted by Gasteiger charge is 2.21. The molecule has 1 saturated heterocycles. The van der Waals surface area contributed by atoms with E-state index in [1.165, 1.54) is 5.23 Å². The van der Waals surface area contributed by atoms with Gasteiger partial charge in [-0.15, -0.1) is 0 Å². The smallest absolute Gasteiger partial charge is 0.303 e. The van der Waals surface area contributed by atoms with Crippen molar-refractivity contribution in [2.24, 2.45) is 0 Å². The lowest BCUT2D eigenvalue weighted by Gasteiger charge is -2.10. The van der Waals surface area contributed by atoms with Crippen molar-refractivity contribution in [3.05, 3.63) is 33.9 Å². The van der Waals surface area contributed by atoms with E-state index in [-0.39, 0.29) is 6.42 Å². The molecule has 1 fully saturated rings. The Morgan fingerprint density at radius 1 is 1.38 bits per heavy atom. The third-order valence-corrected chi connectivity index (χ3v) is 4.18. The number of hydrogen-bond donors (Lipinski definition) is 1. The molecule has 132 valence electrons. The number of nitrogens with zero attached hydrogens (tertiary/aromatic N) is 1.